The van der Waals surface area contributed by atoms with Gasteiger partial charge in [0.25, 0.3) is 5.91 Å². The molecule has 1 atom stereocenters. The summed E-state index contributed by atoms with van der Waals surface area (Å²) in [5.74, 6) is 0.139. The maximum absolute atomic E-state index is 12.5. The Morgan fingerprint density at radius 1 is 1.21 bits per heavy atom. The molecule has 0 radical (unpaired) electrons. The molecule has 1 aromatic carbocycles. The van der Waals surface area contributed by atoms with Crippen LogP contribution in [0, 0.1) is 0 Å². The molecule has 0 aromatic heterocycles. The number of likely N-dealkylation sites (tertiary alicyclic amines) is 2. The van der Waals surface area contributed by atoms with Crippen molar-refractivity contribution in [1.82, 2.24) is 14.7 Å². The van der Waals surface area contributed by atoms with Gasteiger partial charge in [-0.15, -0.1) is 0 Å². The largest absolute Gasteiger partial charge is 0.387 e. The van der Waals surface area contributed by atoms with Crippen LogP contribution in [0.3, 0.4) is 0 Å². The minimum Gasteiger partial charge on any atom is -0.387 e. The molecule has 2 saturated heterocycles. The maximum atomic E-state index is 12.5. The minimum absolute atomic E-state index is 0.139. The predicted molar refractivity (Wildman–Crippen MR) is 95.1 cm³/mol. The van der Waals surface area contributed by atoms with Gasteiger partial charge in [0.1, 0.15) is 0 Å². The summed E-state index contributed by atoms with van der Waals surface area (Å²) in [6.45, 7) is 4.04. The number of likely N-dealkylation sites (N-methyl/N-ethyl adjacent to an activating group) is 1. The van der Waals surface area contributed by atoms with Crippen molar-refractivity contribution < 1.29 is 9.90 Å². The summed E-state index contributed by atoms with van der Waals surface area (Å²) in [4.78, 5) is 19.0. The molecule has 5 nitrogen and oxygen atoms in total. The third-order valence-electron chi connectivity index (χ3n) is 5.26. The lowest BCUT2D eigenvalue weighted by Gasteiger charge is -2.37. The highest BCUT2D eigenvalue weighted by molar-refractivity contribution is 5.94. The molecule has 0 unspecified atom stereocenters. The molecular weight excluding hydrogens is 302 g/mol. The molecule has 2 aliphatic heterocycles. The first-order valence-electron chi connectivity index (χ1n) is 8.92. The summed E-state index contributed by atoms with van der Waals surface area (Å²) in [6, 6.07) is 10.0. The van der Waals surface area contributed by atoms with E-state index in [0.717, 1.165) is 57.5 Å². The number of hydrogen-bond acceptors (Lipinski definition) is 4. The number of hydrogen-bond donors (Lipinski definition) is 1. The average molecular weight is 331 g/mol. The van der Waals surface area contributed by atoms with E-state index in [9.17, 15) is 9.90 Å². The molecule has 1 aromatic rings. The van der Waals surface area contributed by atoms with Gasteiger partial charge in [-0.05, 0) is 45.5 Å². The number of nitrogens with zero attached hydrogens (tertiary/aromatic N) is 3. The number of β-amino-alcohol motifs (C(OH)–C–C–N with tert-alkyl or cyclic N) is 1. The summed E-state index contributed by atoms with van der Waals surface area (Å²) in [5, 5.41) is 10.7. The lowest BCUT2D eigenvalue weighted by Crippen LogP contribution is -2.48. The van der Waals surface area contributed by atoms with E-state index >= 15 is 0 Å². The number of carbonyl (C=O) groups is 1. The third-order valence-corrected chi connectivity index (χ3v) is 5.26. The molecule has 24 heavy (non-hydrogen) atoms. The van der Waals surface area contributed by atoms with E-state index in [4.69, 9.17) is 0 Å². The number of piperidine rings is 1. The zero-order valence-corrected chi connectivity index (χ0v) is 14.8. The van der Waals surface area contributed by atoms with Gasteiger partial charge in [-0.1, -0.05) is 18.2 Å². The zero-order chi connectivity index (χ0) is 17.2. The van der Waals surface area contributed by atoms with Gasteiger partial charge in [0.05, 0.1) is 5.60 Å². The van der Waals surface area contributed by atoms with E-state index in [2.05, 4.69) is 9.80 Å². The quantitative estimate of drug-likeness (QED) is 0.903. The van der Waals surface area contributed by atoms with Crippen LogP contribution in [0.15, 0.2) is 30.3 Å². The summed E-state index contributed by atoms with van der Waals surface area (Å²) >= 11 is 0. The molecule has 1 amide bonds. The van der Waals surface area contributed by atoms with E-state index in [1.165, 1.54) is 0 Å². The molecule has 0 aliphatic carbocycles. The van der Waals surface area contributed by atoms with Crippen molar-refractivity contribution in [3.05, 3.63) is 35.9 Å². The fraction of sp³-hybridized carbons (Fsp3) is 0.632. The Morgan fingerprint density at radius 2 is 1.88 bits per heavy atom. The number of rotatable bonds is 4. The molecule has 2 heterocycles. The summed E-state index contributed by atoms with van der Waals surface area (Å²) in [7, 11) is 4.02. The highest BCUT2D eigenvalue weighted by atomic mass is 16.3. The van der Waals surface area contributed by atoms with Crippen LogP contribution < -0.4 is 0 Å². The Morgan fingerprint density at radius 3 is 2.50 bits per heavy atom. The van der Waals surface area contributed by atoms with E-state index in [0.29, 0.717) is 6.04 Å². The van der Waals surface area contributed by atoms with Crippen molar-refractivity contribution in [2.75, 3.05) is 46.8 Å². The molecule has 2 fully saturated rings. The van der Waals surface area contributed by atoms with Gasteiger partial charge < -0.3 is 14.9 Å². The fourth-order valence-electron chi connectivity index (χ4n) is 4.11. The lowest BCUT2D eigenvalue weighted by molar-refractivity contribution is 0.0155. The first kappa shape index (κ1) is 17.4. The number of benzene rings is 1. The second kappa shape index (κ2) is 7.21. The normalized spacial score (nSPS) is 26.2. The highest BCUT2D eigenvalue weighted by Crippen LogP contribution is 2.28. The summed E-state index contributed by atoms with van der Waals surface area (Å²) in [6.07, 6.45) is 2.83. The van der Waals surface area contributed by atoms with Gasteiger partial charge in [-0.3, -0.25) is 9.69 Å². The van der Waals surface area contributed by atoms with Crippen LogP contribution in [-0.4, -0.2) is 84.2 Å². The molecular formula is C19H29N3O2. The second-order valence-electron chi connectivity index (χ2n) is 7.57. The first-order valence-corrected chi connectivity index (χ1v) is 8.92. The van der Waals surface area contributed by atoms with Gasteiger partial charge in [0, 0.05) is 44.3 Å². The van der Waals surface area contributed by atoms with Crippen LogP contribution in [0.1, 0.15) is 29.6 Å². The van der Waals surface area contributed by atoms with Gasteiger partial charge >= 0.3 is 0 Å². The van der Waals surface area contributed by atoms with Gasteiger partial charge in [0.15, 0.2) is 0 Å². The van der Waals surface area contributed by atoms with Gasteiger partial charge in [0.2, 0.25) is 0 Å². The Kier molecular flexibility index (Phi) is 5.23. The smallest absolute Gasteiger partial charge is 0.253 e. The second-order valence-corrected chi connectivity index (χ2v) is 7.57. The van der Waals surface area contributed by atoms with Crippen LogP contribution in [0.5, 0.6) is 0 Å². The minimum atomic E-state index is -0.583. The monoisotopic (exact) mass is 331 g/mol. The summed E-state index contributed by atoms with van der Waals surface area (Å²) in [5.41, 5.74) is 0.193. The van der Waals surface area contributed by atoms with Crippen LogP contribution in [0.4, 0.5) is 0 Å². The Balaban J connectivity index is 1.52. The van der Waals surface area contributed by atoms with Gasteiger partial charge in [-0.25, -0.2) is 0 Å². The highest BCUT2D eigenvalue weighted by Gasteiger charge is 2.40. The van der Waals surface area contributed by atoms with E-state index < -0.39 is 5.60 Å². The molecule has 1 N–H and O–H groups in total. The topological polar surface area (TPSA) is 47.0 Å². The van der Waals surface area contributed by atoms with Crippen molar-refractivity contribution in [3.63, 3.8) is 0 Å². The van der Waals surface area contributed by atoms with Crippen molar-refractivity contribution >= 4 is 5.91 Å². The lowest BCUT2D eigenvalue weighted by atomic mass is 10.0. The molecule has 2 aliphatic rings. The number of aliphatic hydroxyl groups is 1. The fourth-order valence-corrected chi connectivity index (χ4v) is 4.11. The van der Waals surface area contributed by atoms with Crippen LogP contribution >= 0.6 is 0 Å². The standard InChI is InChI=1S/C19H29N3O2/c1-20(2)14-19(24)10-13-22(15-19)17-8-11-21(12-9-17)18(23)16-6-4-3-5-7-16/h3-7,17,24H,8-15H2,1-2H3/t19-/m0/s1. The first-order chi connectivity index (χ1) is 11.5. The molecule has 0 bridgehead atoms. The van der Waals surface area contributed by atoms with Crippen molar-refractivity contribution in [2.45, 2.75) is 30.9 Å². The Labute approximate surface area is 144 Å². The summed E-state index contributed by atoms with van der Waals surface area (Å²) < 4.78 is 0. The van der Waals surface area contributed by atoms with Crippen molar-refractivity contribution in [1.29, 1.82) is 0 Å². The molecule has 132 valence electrons. The molecule has 0 spiro atoms. The number of amides is 1. The van der Waals surface area contributed by atoms with Crippen LogP contribution in [0.25, 0.3) is 0 Å². The van der Waals surface area contributed by atoms with Crippen LogP contribution in [0.2, 0.25) is 0 Å². The maximum Gasteiger partial charge on any atom is 0.253 e. The van der Waals surface area contributed by atoms with Crippen LogP contribution in [-0.2, 0) is 0 Å². The van der Waals surface area contributed by atoms with E-state index in [-0.39, 0.29) is 5.91 Å². The SMILES string of the molecule is CN(C)C[C@@]1(O)CCN(C2CCN(C(=O)c3ccccc3)CC2)C1. The third kappa shape index (κ3) is 3.97. The average Bonchev–Trinajstić information content (AvgIpc) is 2.96. The molecule has 3 rings (SSSR count). The molecule has 5 heteroatoms. The number of carbonyl (C=O) groups excluding carboxylic acids is 1. The van der Waals surface area contributed by atoms with E-state index in [1.807, 2.05) is 49.3 Å². The van der Waals surface area contributed by atoms with E-state index in [1.54, 1.807) is 0 Å². The Hall–Kier alpha value is -1.43. The van der Waals surface area contributed by atoms with Crippen molar-refractivity contribution in [2.24, 2.45) is 0 Å². The molecule has 0 saturated carbocycles. The predicted octanol–water partition coefficient (Wildman–Crippen LogP) is 1.29. The zero-order valence-electron chi connectivity index (χ0n) is 14.8. The Bertz CT molecular complexity index is 555. The van der Waals surface area contributed by atoms with Crippen molar-refractivity contribution in [3.8, 4) is 0 Å². The van der Waals surface area contributed by atoms with Gasteiger partial charge in [-0.2, -0.15) is 0 Å².